The van der Waals surface area contributed by atoms with Gasteiger partial charge in [0.05, 0.1) is 11.4 Å². The van der Waals surface area contributed by atoms with E-state index in [0.29, 0.717) is 15.7 Å². The second-order valence-corrected chi connectivity index (χ2v) is 7.24. The molecule has 0 saturated carbocycles. The highest BCUT2D eigenvalue weighted by atomic mass is 32.1. The number of aromatic nitrogens is 3. The van der Waals surface area contributed by atoms with Crippen LogP contribution in [0.5, 0.6) is 0 Å². The van der Waals surface area contributed by atoms with E-state index in [2.05, 4.69) is 44.2 Å². The molecule has 2 heterocycles. The van der Waals surface area contributed by atoms with Crippen LogP contribution in [0.2, 0.25) is 0 Å². The van der Waals surface area contributed by atoms with Gasteiger partial charge in [0.25, 0.3) is 5.91 Å². The number of aryl methyl sites for hydroxylation is 1. The molecule has 26 heavy (non-hydrogen) atoms. The van der Waals surface area contributed by atoms with Crippen LogP contribution in [0.3, 0.4) is 0 Å². The van der Waals surface area contributed by atoms with Crippen molar-refractivity contribution in [1.29, 1.82) is 0 Å². The molecule has 128 valence electrons. The highest BCUT2D eigenvalue weighted by Crippen LogP contribution is 2.28. The first kappa shape index (κ1) is 16.6. The molecule has 0 saturated heterocycles. The summed E-state index contributed by atoms with van der Waals surface area (Å²) in [4.78, 5) is 17.3. The summed E-state index contributed by atoms with van der Waals surface area (Å²) in [5.74, 6) is -0.224. The van der Waals surface area contributed by atoms with E-state index in [0.717, 1.165) is 28.4 Å². The number of benzene rings is 2. The molecule has 0 aliphatic heterocycles. The van der Waals surface area contributed by atoms with E-state index in [1.807, 2.05) is 35.7 Å². The lowest BCUT2D eigenvalue weighted by Crippen LogP contribution is -2.11. The summed E-state index contributed by atoms with van der Waals surface area (Å²) in [6, 6.07) is 18.5. The summed E-state index contributed by atoms with van der Waals surface area (Å²) in [6.45, 7) is 1.76. The standard InChI is InChI=1S/C19H14N4OS2/c1-12-17(26-23-22-12)18(24)21-19-20-16(11-25-19)15-9-7-14(8-10-15)13-5-3-2-4-6-13/h2-11H,1H3,(H,20,21,24). The molecule has 0 aliphatic carbocycles. The summed E-state index contributed by atoms with van der Waals surface area (Å²) >= 11 is 2.48. The lowest BCUT2D eigenvalue weighted by Gasteiger charge is -2.03. The molecule has 0 unspecified atom stereocenters. The van der Waals surface area contributed by atoms with Crippen molar-refractivity contribution >= 4 is 33.9 Å². The van der Waals surface area contributed by atoms with Gasteiger partial charge in [-0.05, 0) is 29.6 Å². The highest BCUT2D eigenvalue weighted by molar-refractivity contribution is 7.14. The fraction of sp³-hybridized carbons (Fsp3) is 0.0526. The third kappa shape index (κ3) is 3.40. The van der Waals surface area contributed by atoms with Crippen molar-refractivity contribution in [2.45, 2.75) is 6.92 Å². The molecule has 0 bridgehead atoms. The monoisotopic (exact) mass is 378 g/mol. The predicted octanol–water partition coefficient (Wildman–Crippen LogP) is 4.89. The number of nitrogens with zero attached hydrogens (tertiary/aromatic N) is 3. The average Bonchev–Trinajstić information content (AvgIpc) is 3.31. The van der Waals surface area contributed by atoms with Crippen molar-refractivity contribution in [2.75, 3.05) is 5.32 Å². The topological polar surface area (TPSA) is 67.8 Å². The third-order valence-corrected chi connectivity index (χ3v) is 5.45. The van der Waals surface area contributed by atoms with E-state index in [1.165, 1.54) is 16.9 Å². The molecule has 0 aliphatic rings. The third-order valence-electron chi connectivity index (χ3n) is 3.87. The van der Waals surface area contributed by atoms with E-state index in [-0.39, 0.29) is 5.91 Å². The molecule has 5 nitrogen and oxygen atoms in total. The number of carbonyl (C=O) groups excluding carboxylic acids is 1. The molecule has 7 heteroatoms. The number of amides is 1. The lowest BCUT2D eigenvalue weighted by molar-refractivity contribution is 0.103. The van der Waals surface area contributed by atoms with Crippen LogP contribution in [0, 0.1) is 6.92 Å². The second kappa shape index (κ2) is 7.15. The molecule has 0 fully saturated rings. The summed E-state index contributed by atoms with van der Waals surface area (Å²) in [6.07, 6.45) is 0. The maximum atomic E-state index is 12.2. The quantitative estimate of drug-likeness (QED) is 0.549. The SMILES string of the molecule is Cc1nnsc1C(=O)Nc1nc(-c2ccc(-c3ccccc3)cc2)cs1. The molecule has 2 aromatic carbocycles. The Bertz CT molecular complexity index is 1040. The van der Waals surface area contributed by atoms with Gasteiger partial charge in [-0.25, -0.2) is 4.98 Å². The summed E-state index contributed by atoms with van der Waals surface area (Å²) in [7, 11) is 0. The molecule has 4 aromatic rings. The van der Waals surface area contributed by atoms with Crippen molar-refractivity contribution in [3.05, 3.63) is 70.5 Å². The van der Waals surface area contributed by atoms with Crippen LogP contribution in [0.1, 0.15) is 15.4 Å². The zero-order chi connectivity index (χ0) is 17.9. The minimum atomic E-state index is -0.224. The largest absolute Gasteiger partial charge is 0.297 e. The lowest BCUT2D eigenvalue weighted by atomic mass is 10.0. The van der Waals surface area contributed by atoms with Gasteiger partial charge in [0.1, 0.15) is 4.88 Å². The van der Waals surface area contributed by atoms with Crippen LogP contribution in [0.4, 0.5) is 5.13 Å². The van der Waals surface area contributed by atoms with Crippen molar-refractivity contribution in [2.24, 2.45) is 0 Å². The molecular formula is C19H14N4OS2. The number of nitrogens with one attached hydrogen (secondary N) is 1. The van der Waals surface area contributed by atoms with Gasteiger partial charge in [0, 0.05) is 10.9 Å². The van der Waals surface area contributed by atoms with Crippen LogP contribution in [-0.2, 0) is 0 Å². The van der Waals surface area contributed by atoms with Crippen molar-refractivity contribution < 1.29 is 4.79 Å². The molecule has 0 radical (unpaired) electrons. The van der Waals surface area contributed by atoms with Crippen molar-refractivity contribution in [1.82, 2.24) is 14.6 Å². The number of rotatable bonds is 4. The first-order chi connectivity index (χ1) is 12.7. The Kier molecular flexibility index (Phi) is 4.55. The van der Waals surface area contributed by atoms with Crippen LogP contribution in [0.25, 0.3) is 22.4 Å². The first-order valence-corrected chi connectivity index (χ1v) is 9.58. The van der Waals surface area contributed by atoms with Gasteiger partial charge < -0.3 is 0 Å². The molecule has 0 atom stereocenters. The van der Waals surface area contributed by atoms with E-state index in [1.54, 1.807) is 6.92 Å². The minimum Gasteiger partial charge on any atom is -0.297 e. The number of thiazole rings is 1. The molecule has 1 N–H and O–H groups in total. The summed E-state index contributed by atoms with van der Waals surface area (Å²) in [5, 5.41) is 9.16. The summed E-state index contributed by atoms with van der Waals surface area (Å²) in [5.41, 5.74) is 4.81. The van der Waals surface area contributed by atoms with Gasteiger partial charge in [-0.2, -0.15) is 0 Å². The van der Waals surface area contributed by atoms with Crippen molar-refractivity contribution in [3.63, 3.8) is 0 Å². The Morgan fingerprint density at radius 1 is 0.962 bits per heavy atom. The number of carbonyl (C=O) groups is 1. The van der Waals surface area contributed by atoms with Gasteiger partial charge in [0.15, 0.2) is 5.13 Å². The summed E-state index contributed by atoms with van der Waals surface area (Å²) < 4.78 is 3.78. The zero-order valence-corrected chi connectivity index (χ0v) is 15.5. The first-order valence-electron chi connectivity index (χ1n) is 7.92. The Morgan fingerprint density at radius 3 is 2.35 bits per heavy atom. The van der Waals surface area contributed by atoms with Gasteiger partial charge in [-0.15, -0.1) is 16.4 Å². The van der Waals surface area contributed by atoms with E-state index in [4.69, 9.17) is 0 Å². The normalized spacial score (nSPS) is 10.7. The van der Waals surface area contributed by atoms with Crippen LogP contribution >= 0.6 is 22.9 Å². The van der Waals surface area contributed by atoms with Crippen molar-refractivity contribution in [3.8, 4) is 22.4 Å². The minimum absolute atomic E-state index is 0.224. The highest BCUT2D eigenvalue weighted by Gasteiger charge is 2.15. The maximum Gasteiger partial charge on any atom is 0.271 e. The van der Waals surface area contributed by atoms with E-state index >= 15 is 0 Å². The van der Waals surface area contributed by atoms with Gasteiger partial charge in [0.2, 0.25) is 0 Å². The van der Waals surface area contributed by atoms with E-state index < -0.39 is 0 Å². The molecular weight excluding hydrogens is 364 g/mol. The van der Waals surface area contributed by atoms with Crippen LogP contribution < -0.4 is 5.32 Å². The predicted molar refractivity (Wildman–Crippen MR) is 106 cm³/mol. The Labute approximate surface area is 158 Å². The molecule has 2 aromatic heterocycles. The Balaban J connectivity index is 1.51. The fourth-order valence-corrected chi connectivity index (χ4v) is 3.79. The van der Waals surface area contributed by atoms with Gasteiger partial charge in [-0.1, -0.05) is 59.1 Å². The number of hydrogen-bond acceptors (Lipinski definition) is 6. The Morgan fingerprint density at radius 2 is 1.65 bits per heavy atom. The van der Waals surface area contributed by atoms with Crippen LogP contribution in [0.15, 0.2) is 60.0 Å². The Hall–Kier alpha value is -2.90. The van der Waals surface area contributed by atoms with E-state index in [9.17, 15) is 4.79 Å². The maximum absolute atomic E-state index is 12.2. The smallest absolute Gasteiger partial charge is 0.271 e. The number of hydrogen-bond donors (Lipinski definition) is 1. The zero-order valence-electron chi connectivity index (χ0n) is 13.8. The number of anilines is 1. The molecule has 0 spiro atoms. The molecule has 4 rings (SSSR count). The van der Waals surface area contributed by atoms with Gasteiger partial charge >= 0.3 is 0 Å². The van der Waals surface area contributed by atoms with Crippen LogP contribution in [-0.4, -0.2) is 20.5 Å². The van der Waals surface area contributed by atoms with Gasteiger partial charge in [-0.3, -0.25) is 10.1 Å². The second-order valence-electron chi connectivity index (χ2n) is 5.62. The molecule has 1 amide bonds. The fourth-order valence-electron chi connectivity index (χ4n) is 2.52. The average molecular weight is 378 g/mol.